The standard InChI is InChI=1S/C9H7ClO4/c10-7-1-2-8(6(3-7)4-11)14-5-9(12)13/h1-4H,5H2,(H,12,13). The van der Waals surface area contributed by atoms with Gasteiger partial charge in [-0.3, -0.25) is 4.79 Å². The van der Waals surface area contributed by atoms with Crippen LogP contribution in [0.2, 0.25) is 5.02 Å². The first-order chi connectivity index (χ1) is 6.63. The summed E-state index contributed by atoms with van der Waals surface area (Å²) in [5.41, 5.74) is 0.235. The Morgan fingerprint density at radius 2 is 2.29 bits per heavy atom. The molecule has 0 heterocycles. The number of hydrogen-bond donors (Lipinski definition) is 1. The zero-order chi connectivity index (χ0) is 10.6. The molecule has 0 aromatic heterocycles. The molecule has 4 nitrogen and oxygen atoms in total. The Hall–Kier alpha value is -1.55. The largest absolute Gasteiger partial charge is 0.481 e. The van der Waals surface area contributed by atoms with Crippen molar-refractivity contribution >= 4 is 23.9 Å². The van der Waals surface area contributed by atoms with E-state index in [4.69, 9.17) is 21.4 Å². The van der Waals surface area contributed by atoms with Crippen LogP contribution in [0.4, 0.5) is 0 Å². The molecule has 0 unspecified atom stereocenters. The first kappa shape index (κ1) is 10.5. The van der Waals surface area contributed by atoms with Gasteiger partial charge in [0.2, 0.25) is 0 Å². The summed E-state index contributed by atoms with van der Waals surface area (Å²) in [5.74, 6) is -0.886. The number of carboxylic acids is 1. The van der Waals surface area contributed by atoms with Crippen LogP contribution in [-0.2, 0) is 4.79 Å². The molecule has 0 bridgehead atoms. The van der Waals surface area contributed by atoms with Gasteiger partial charge in [-0.1, -0.05) is 11.6 Å². The first-order valence-corrected chi connectivity index (χ1v) is 4.10. The Morgan fingerprint density at radius 1 is 1.57 bits per heavy atom. The van der Waals surface area contributed by atoms with Crippen LogP contribution in [0.1, 0.15) is 10.4 Å². The average Bonchev–Trinajstić information content (AvgIpc) is 2.15. The van der Waals surface area contributed by atoms with E-state index < -0.39 is 12.6 Å². The van der Waals surface area contributed by atoms with Crippen molar-refractivity contribution in [3.63, 3.8) is 0 Å². The molecule has 0 saturated heterocycles. The Balaban J connectivity index is 2.85. The minimum absolute atomic E-state index is 0.215. The van der Waals surface area contributed by atoms with Crippen molar-refractivity contribution in [1.29, 1.82) is 0 Å². The maximum atomic E-state index is 10.5. The van der Waals surface area contributed by atoms with E-state index in [-0.39, 0.29) is 11.3 Å². The number of aliphatic carboxylic acids is 1. The molecule has 1 N–H and O–H groups in total. The molecule has 0 atom stereocenters. The van der Waals surface area contributed by atoms with Crippen LogP contribution in [-0.4, -0.2) is 24.0 Å². The lowest BCUT2D eigenvalue weighted by Gasteiger charge is -2.05. The van der Waals surface area contributed by atoms with Gasteiger partial charge in [0.15, 0.2) is 12.9 Å². The molecular formula is C9H7ClO4. The quantitative estimate of drug-likeness (QED) is 0.774. The number of halogens is 1. The Morgan fingerprint density at radius 3 is 2.86 bits per heavy atom. The molecule has 0 aliphatic heterocycles. The van der Waals surface area contributed by atoms with E-state index in [1.807, 2.05) is 0 Å². The zero-order valence-electron chi connectivity index (χ0n) is 7.07. The fraction of sp³-hybridized carbons (Fsp3) is 0.111. The Labute approximate surface area is 85.1 Å². The lowest BCUT2D eigenvalue weighted by molar-refractivity contribution is -0.139. The summed E-state index contributed by atoms with van der Waals surface area (Å²) >= 11 is 5.63. The number of carbonyl (C=O) groups excluding carboxylic acids is 1. The highest BCUT2D eigenvalue weighted by molar-refractivity contribution is 6.30. The molecule has 5 heteroatoms. The molecule has 1 aromatic carbocycles. The molecule has 0 saturated carbocycles. The van der Waals surface area contributed by atoms with Gasteiger partial charge in [0.1, 0.15) is 5.75 Å². The first-order valence-electron chi connectivity index (χ1n) is 3.73. The summed E-state index contributed by atoms with van der Waals surface area (Å²) in [6.07, 6.45) is 0.559. The van der Waals surface area contributed by atoms with Gasteiger partial charge in [-0.15, -0.1) is 0 Å². The molecule has 0 radical (unpaired) electrons. The monoisotopic (exact) mass is 214 g/mol. The predicted octanol–water partition coefficient (Wildman–Crippen LogP) is 1.62. The van der Waals surface area contributed by atoms with Crippen LogP contribution in [0.25, 0.3) is 0 Å². The normalized spacial score (nSPS) is 9.50. The number of benzene rings is 1. The van der Waals surface area contributed by atoms with E-state index in [1.54, 1.807) is 0 Å². The molecular weight excluding hydrogens is 208 g/mol. The topological polar surface area (TPSA) is 63.6 Å². The molecule has 0 fully saturated rings. The number of rotatable bonds is 4. The van der Waals surface area contributed by atoms with Crippen LogP contribution in [0.3, 0.4) is 0 Å². The molecule has 14 heavy (non-hydrogen) atoms. The van der Waals surface area contributed by atoms with E-state index in [2.05, 4.69) is 0 Å². The Kier molecular flexibility index (Phi) is 3.48. The van der Waals surface area contributed by atoms with Gasteiger partial charge in [-0.2, -0.15) is 0 Å². The summed E-state index contributed by atoms with van der Waals surface area (Å²) in [5, 5.41) is 8.75. The summed E-state index contributed by atoms with van der Waals surface area (Å²) in [6, 6.07) is 4.38. The van der Waals surface area contributed by atoms with Crippen molar-refractivity contribution < 1.29 is 19.4 Å². The molecule has 0 aliphatic rings. The van der Waals surface area contributed by atoms with Crippen molar-refractivity contribution in [1.82, 2.24) is 0 Å². The van der Waals surface area contributed by atoms with E-state index in [9.17, 15) is 9.59 Å². The van der Waals surface area contributed by atoms with Crippen LogP contribution in [0, 0.1) is 0 Å². The minimum Gasteiger partial charge on any atom is -0.481 e. The fourth-order valence-corrected chi connectivity index (χ4v) is 1.06. The molecule has 0 amide bonds. The predicted molar refractivity (Wildman–Crippen MR) is 50.0 cm³/mol. The maximum Gasteiger partial charge on any atom is 0.341 e. The van der Waals surface area contributed by atoms with E-state index in [0.29, 0.717) is 11.3 Å². The third kappa shape index (κ3) is 2.74. The highest BCUT2D eigenvalue weighted by atomic mass is 35.5. The van der Waals surface area contributed by atoms with Crippen molar-refractivity contribution in [2.45, 2.75) is 0 Å². The van der Waals surface area contributed by atoms with Gasteiger partial charge < -0.3 is 9.84 Å². The SMILES string of the molecule is O=Cc1cc(Cl)ccc1OCC(=O)O. The summed E-state index contributed by atoms with van der Waals surface area (Å²) < 4.78 is 4.86. The lowest BCUT2D eigenvalue weighted by Crippen LogP contribution is -2.10. The van der Waals surface area contributed by atoms with Crippen molar-refractivity contribution in [2.24, 2.45) is 0 Å². The van der Waals surface area contributed by atoms with E-state index in [1.165, 1.54) is 18.2 Å². The zero-order valence-corrected chi connectivity index (χ0v) is 7.82. The fourth-order valence-electron chi connectivity index (χ4n) is 0.882. The number of aldehydes is 1. The lowest BCUT2D eigenvalue weighted by atomic mass is 10.2. The average molecular weight is 215 g/mol. The third-order valence-corrected chi connectivity index (χ3v) is 1.69. The van der Waals surface area contributed by atoms with Crippen molar-refractivity contribution in [3.8, 4) is 5.75 Å². The molecule has 1 rings (SSSR count). The van der Waals surface area contributed by atoms with E-state index >= 15 is 0 Å². The Bertz CT molecular complexity index is 362. The van der Waals surface area contributed by atoms with Crippen LogP contribution < -0.4 is 4.74 Å². The number of carboxylic acid groups (broad SMARTS) is 1. The number of hydrogen-bond acceptors (Lipinski definition) is 3. The van der Waals surface area contributed by atoms with Crippen LogP contribution in [0.15, 0.2) is 18.2 Å². The van der Waals surface area contributed by atoms with Crippen molar-refractivity contribution in [3.05, 3.63) is 28.8 Å². The van der Waals surface area contributed by atoms with Gasteiger partial charge in [-0.05, 0) is 18.2 Å². The van der Waals surface area contributed by atoms with Crippen LogP contribution in [0.5, 0.6) is 5.75 Å². The van der Waals surface area contributed by atoms with Gasteiger partial charge in [0.05, 0.1) is 5.56 Å². The van der Waals surface area contributed by atoms with Crippen molar-refractivity contribution in [2.75, 3.05) is 6.61 Å². The number of carbonyl (C=O) groups is 2. The molecule has 0 spiro atoms. The second-order valence-electron chi connectivity index (χ2n) is 2.48. The molecule has 1 aromatic rings. The molecule has 0 aliphatic carbocycles. The second kappa shape index (κ2) is 4.62. The summed E-state index contributed by atoms with van der Waals surface area (Å²) in [6.45, 7) is -0.484. The van der Waals surface area contributed by atoms with E-state index in [0.717, 1.165) is 0 Å². The summed E-state index contributed by atoms with van der Waals surface area (Å²) in [7, 11) is 0. The third-order valence-electron chi connectivity index (χ3n) is 1.45. The molecule has 74 valence electrons. The number of ether oxygens (including phenoxy) is 1. The smallest absolute Gasteiger partial charge is 0.341 e. The van der Waals surface area contributed by atoms with Gasteiger partial charge in [-0.25, -0.2) is 4.79 Å². The van der Waals surface area contributed by atoms with Gasteiger partial charge in [0, 0.05) is 5.02 Å². The minimum atomic E-state index is -1.10. The highest BCUT2D eigenvalue weighted by Gasteiger charge is 2.05. The van der Waals surface area contributed by atoms with Gasteiger partial charge in [0.25, 0.3) is 0 Å². The second-order valence-corrected chi connectivity index (χ2v) is 2.92. The van der Waals surface area contributed by atoms with Gasteiger partial charge >= 0.3 is 5.97 Å². The maximum absolute atomic E-state index is 10.5. The van der Waals surface area contributed by atoms with Crippen LogP contribution >= 0.6 is 11.6 Å². The highest BCUT2D eigenvalue weighted by Crippen LogP contribution is 2.20. The summed E-state index contributed by atoms with van der Waals surface area (Å²) in [4.78, 5) is 20.7.